The van der Waals surface area contributed by atoms with Gasteiger partial charge in [0, 0.05) is 24.0 Å². The summed E-state index contributed by atoms with van der Waals surface area (Å²) in [6.45, 7) is 3.00. The van der Waals surface area contributed by atoms with Crippen molar-refractivity contribution in [2.45, 2.75) is 13.8 Å². The molecule has 2 aromatic carbocycles. The van der Waals surface area contributed by atoms with E-state index in [4.69, 9.17) is 0 Å². The average molecular weight is 397 g/mol. The zero-order chi connectivity index (χ0) is 21.0. The number of carbonyl (C=O) groups excluding carboxylic acids is 2. The zero-order valence-corrected chi connectivity index (χ0v) is 15.6. The number of nitrogens with one attached hydrogen (secondary N) is 3. The van der Waals surface area contributed by atoms with Crippen LogP contribution in [-0.2, 0) is 4.79 Å². The fourth-order valence-corrected chi connectivity index (χ4v) is 2.54. The van der Waals surface area contributed by atoms with E-state index in [2.05, 4.69) is 25.9 Å². The molecule has 0 bridgehead atoms. The van der Waals surface area contributed by atoms with Crippen LogP contribution in [0, 0.1) is 18.6 Å². The second kappa shape index (κ2) is 8.42. The predicted octanol–water partition coefficient (Wildman–Crippen LogP) is 4.02. The minimum absolute atomic E-state index is 0.00155. The minimum Gasteiger partial charge on any atom is -0.326 e. The normalized spacial score (nSPS) is 10.3. The highest BCUT2D eigenvalue weighted by atomic mass is 19.1. The van der Waals surface area contributed by atoms with Gasteiger partial charge in [-0.2, -0.15) is 0 Å². The van der Waals surface area contributed by atoms with Crippen LogP contribution < -0.4 is 16.0 Å². The highest BCUT2D eigenvalue weighted by Crippen LogP contribution is 2.22. The van der Waals surface area contributed by atoms with E-state index >= 15 is 0 Å². The zero-order valence-electron chi connectivity index (χ0n) is 15.6. The van der Waals surface area contributed by atoms with Gasteiger partial charge in [0.05, 0.1) is 0 Å². The lowest BCUT2D eigenvalue weighted by molar-refractivity contribution is -0.114. The molecule has 0 unspecified atom stereocenters. The van der Waals surface area contributed by atoms with Gasteiger partial charge in [0.25, 0.3) is 5.91 Å². The van der Waals surface area contributed by atoms with Gasteiger partial charge in [-0.05, 0) is 43.3 Å². The molecule has 1 heterocycles. The highest BCUT2D eigenvalue weighted by molar-refractivity contribution is 6.03. The molecular formula is C20H17F2N5O2. The van der Waals surface area contributed by atoms with Crippen LogP contribution in [0.15, 0.2) is 48.5 Å². The third kappa shape index (κ3) is 5.10. The van der Waals surface area contributed by atoms with Gasteiger partial charge in [-0.3, -0.25) is 9.59 Å². The molecule has 1 aromatic heterocycles. The Kier molecular flexibility index (Phi) is 5.77. The number of nitrogens with zero attached hydrogens (tertiary/aromatic N) is 2. The van der Waals surface area contributed by atoms with E-state index in [1.165, 1.54) is 19.1 Å². The van der Waals surface area contributed by atoms with E-state index in [9.17, 15) is 18.4 Å². The molecule has 0 fully saturated rings. The van der Waals surface area contributed by atoms with Crippen LogP contribution >= 0.6 is 0 Å². The maximum atomic E-state index is 13.8. The molecule has 0 atom stereocenters. The SMILES string of the molecule is CC(=O)Nc1cccc(NC(=O)c2cc(C)nc(Nc3c(F)cccc3F)n2)c1. The van der Waals surface area contributed by atoms with Crippen LogP contribution in [0.3, 0.4) is 0 Å². The van der Waals surface area contributed by atoms with Crippen LogP contribution in [-0.4, -0.2) is 21.8 Å². The van der Waals surface area contributed by atoms with Gasteiger partial charge >= 0.3 is 0 Å². The number of carbonyl (C=O) groups is 2. The van der Waals surface area contributed by atoms with E-state index in [1.807, 2.05) is 0 Å². The molecule has 0 saturated carbocycles. The summed E-state index contributed by atoms with van der Waals surface area (Å²) in [5.74, 6) is -2.53. The Hall–Kier alpha value is -3.88. The van der Waals surface area contributed by atoms with E-state index in [0.29, 0.717) is 17.1 Å². The predicted molar refractivity (Wildman–Crippen MR) is 105 cm³/mol. The number of amides is 2. The molecule has 0 aliphatic heterocycles. The summed E-state index contributed by atoms with van der Waals surface area (Å²) in [5.41, 5.74) is 0.976. The number of para-hydroxylation sites is 1. The largest absolute Gasteiger partial charge is 0.326 e. The first-order chi connectivity index (χ1) is 13.8. The lowest BCUT2D eigenvalue weighted by Gasteiger charge is -2.11. The number of hydrogen-bond acceptors (Lipinski definition) is 5. The fourth-order valence-electron chi connectivity index (χ4n) is 2.54. The standard InChI is InChI=1S/C20H17F2N5O2/c1-11-9-17(19(29)25-14-6-3-5-13(10-14)24-12(2)28)26-20(23-11)27-18-15(21)7-4-8-16(18)22/h3-10H,1-2H3,(H,24,28)(H,25,29)(H,23,26,27). The van der Waals surface area contributed by atoms with Gasteiger partial charge in [0.15, 0.2) is 0 Å². The van der Waals surface area contributed by atoms with Crippen molar-refractivity contribution in [1.82, 2.24) is 9.97 Å². The topological polar surface area (TPSA) is 96.0 Å². The smallest absolute Gasteiger partial charge is 0.274 e. The average Bonchev–Trinajstić information content (AvgIpc) is 2.64. The summed E-state index contributed by atoms with van der Waals surface area (Å²) in [6, 6.07) is 11.4. The molecule has 3 rings (SSSR count). The van der Waals surface area contributed by atoms with Crippen molar-refractivity contribution in [3.8, 4) is 0 Å². The summed E-state index contributed by atoms with van der Waals surface area (Å²) in [6.07, 6.45) is 0. The fraction of sp³-hybridized carbons (Fsp3) is 0.100. The molecule has 7 nitrogen and oxygen atoms in total. The molecule has 0 spiro atoms. The maximum Gasteiger partial charge on any atom is 0.274 e. The van der Waals surface area contributed by atoms with Crippen molar-refractivity contribution in [3.63, 3.8) is 0 Å². The van der Waals surface area contributed by atoms with Crippen LogP contribution in [0.1, 0.15) is 23.1 Å². The summed E-state index contributed by atoms with van der Waals surface area (Å²) in [5, 5.41) is 7.75. The van der Waals surface area contributed by atoms with Crippen molar-refractivity contribution < 1.29 is 18.4 Å². The van der Waals surface area contributed by atoms with Gasteiger partial charge < -0.3 is 16.0 Å². The number of rotatable bonds is 5. The van der Waals surface area contributed by atoms with Crippen molar-refractivity contribution in [3.05, 3.63) is 71.6 Å². The summed E-state index contributed by atoms with van der Waals surface area (Å²) < 4.78 is 27.7. The van der Waals surface area contributed by atoms with E-state index in [-0.39, 0.29) is 17.5 Å². The van der Waals surface area contributed by atoms with Crippen molar-refractivity contribution in [2.24, 2.45) is 0 Å². The first kappa shape index (κ1) is 19.9. The van der Waals surface area contributed by atoms with Gasteiger partial charge in [0.1, 0.15) is 23.0 Å². The van der Waals surface area contributed by atoms with E-state index in [1.54, 1.807) is 31.2 Å². The second-order valence-electron chi connectivity index (χ2n) is 6.16. The van der Waals surface area contributed by atoms with Crippen LogP contribution in [0.2, 0.25) is 0 Å². The Morgan fingerprint density at radius 3 is 2.17 bits per heavy atom. The summed E-state index contributed by atoms with van der Waals surface area (Å²) >= 11 is 0. The molecule has 0 radical (unpaired) electrons. The number of aromatic nitrogens is 2. The quantitative estimate of drug-likeness (QED) is 0.604. The monoisotopic (exact) mass is 397 g/mol. The third-order valence-electron chi connectivity index (χ3n) is 3.73. The van der Waals surface area contributed by atoms with Crippen molar-refractivity contribution in [1.29, 1.82) is 0 Å². The summed E-state index contributed by atoms with van der Waals surface area (Å²) in [7, 11) is 0. The summed E-state index contributed by atoms with van der Waals surface area (Å²) in [4.78, 5) is 31.8. The highest BCUT2D eigenvalue weighted by Gasteiger charge is 2.14. The minimum atomic E-state index is -0.809. The Labute approximate surface area is 165 Å². The Bertz CT molecular complexity index is 1070. The molecule has 0 aliphatic rings. The molecule has 3 N–H and O–H groups in total. The van der Waals surface area contributed by atoms with Gasteiger partial charge in [0.2, 0.25) is 11.9 Å². The van der Waals surface area contributed by atoms with Gasteiger partial charge in [-0.25, -0.2) is 18.7 Å². The van der Waals surface area contributed by atoms with Gasteiger partial charge in [-0.1, -0.05) is 12.1 Å². The molecule has 2 amide bonds. The Morgan fingerprint density at radius 1 is 0.897 bits per heavy atom. The number of anilines is 4. The first-order valence-corrected chi connectivity index (χ1v) is 8.57. The Balaban J connectivity index is 1.82. The van der Waals surface area contributed by atoms with Crippen LogP contribution in [0.5, 0.6) is 0 Å². The molecule has 9 heteroatoms. The lowest BCUT2D eigenvalue weighted by Crippen LogP contribution is -2.16. The molecule has 0 aliphatic carbocycles. The molecule has 0 saturated heterocycles. The van der Waals surface area contributed by atoms with Crippen molar-refractivity contribution in [2.75, 3.05) is 16.0 Å². The molecule has 29 heavy (non-hydrogen) atoms. The number of benzene rings is 2. The number of aryl methyl sites for hydroxylation is 1. The first-order valence-electron chi connectivity index (χ1n) is 8.57. The molecule has 148 valence electrons. The maximum absolute atomic E-state index is 13.8. The number of halogens is 2. The Morgan fingerprint density at radius 2 is 1.52 bits per heavy atom. The van der Waals surface area contributed by atoms with Crippen molar-refractivity contribution >= 4 is 34.8 Å². The lowest BCUT2D eigenvalue weighted by atomic mass is 10.2. The number of hydrogen-bond donors (Lipinski definition) is 3. The second-order valence-corrected chi connectivity index (χ2v) is 6.16. The third-order valence-corrected chi connectivity index (χ3v) is 3.73. The van der Waals surface area contributed by atoms with Crippen LogP contribution in [0.25, 0.3) is 0 Å². The molecule has 3 aromatic rings. The molecular weight excluding hydrogens is 380 g/mol. The van der Waals surface area contributed by atoms with E-state index in [0.717, 1.165) is 12.1 Å². The van der Waals surface area contributed by atoms with Crippen LogP contribution in [0.4, 0.5) is 31.8 Å². The van der Waals surface area contributed by atoms with E-state index < -0.39 is 23.2 Å². The van der Waals surface area contributed by atoms with Gasteiger partial charge in [-0.15, -0.1) is 0 Å².